The molecule has 1 saturated heterocycles. The maximum Gasteiger partial charge on any atom is 0.251 e. The van der Waals surface area contributed by atoms with E-state index in [4.69, 9.17) is 0 Å². The largest absolute Gasteiger partial charge is 0.352 e. The van der Waals surface area contributed by atoms with Gasteiger partial charge >= 0.3 is 0 Å². The molecule has 7 heteroatoms. The van der Waals surface area contributed by atoms with Gasteiger partial charge in [-0.15, -0.1) is 0 Å². The Morgan fingerprint density at radius 3 is 2.69 bits per heavy atom. The molecule has 2 fully saturated rings. The summed E-state index contributed by atoms with van der Waals surface area (Å²) in [5.41, 5.74) is 1.67. The quantitative estimate of drug-likeness (QED) is 0.504. The summed E-state index contributed by atoms with van der Waals surface area (Å²) < 4.78 is 0. The van der Waals surface area contributed by atoms with Crippen molar-refractivity contribution in [3.8, 4) is 0 Å². The lowest BCUT2D eigenvalue weighted by Gasteiger charge is -2.21. The molecule has 1 aromatic carbocycles. The lowest BCUT2D eigenvalue weighted by Crippen LogP contribution is -2.45. The van der Waals surface area contributed by atoms with Crippen LogP contribution in [0.2, 0.25) is 0 Å². The van der Waals surface area contributed by atoms with Crippen molar-refractivity contribution in [2.24, 2.45) is 10.9 Å². The van der Waals surface area contributed by atoms with Gasteiger partial charge in [-0.1, -0.05) is 25.0 Å². The van der Waals surface area contributed by atoms with Gasteiger partial charge in [-0.25, -0.2) is 0 Å². The number of amides is 2. The van der Waals surface area contributed by atoms with Crippen molar-refractivity contribution in [1.82, 2.24) is 20.9 Å². The predicted molar refractivity (Wildman–Crippen MR) is 115 cm³/mol. The fraction of sp³-hybridized carbons (Fsp3) is 0.591. The normalized spacial score (nSPS) is 20.0. The smallest absolute Gasteiger partial charge is 0.251 e. The van der Waals surface area contributed by atoms with Gasteiger partial charge in [0.15, 0.2) is 5.96 Å². The summed E-state index contributed by atoms with van der Waals surface area (Å²) in [6.45, 7) is 4.65. The number of rotatable bonds is 6. The molecule has 0 radical (unpaired) electrons. The fourth-order valence-electron chi connectivity index (χ4n) is 4.17. The van der Waals surface area contributed by atoms with Crippen molar-refractivity contribution in [2.75, 3.05) is 26.7 Å². The lowest BCUT2D eigenvalue weighted by atomic mass is 10.1. The van der Waals surface area contributed by atoms with E-state index in [0.717, 1.165) is 37.9 Å². The summed E-state index contributed by atoms with van der Waals surface area (Å²) in [7, 11) is 1.75. The molecule has 7 nitrogen and oxygen atoms in total. The third-order valence-electron chi connectivity index (χ3n) is 5.76. The molecule has 0 bridgehead atoms. The van der Waals surface area contributed by atoms with E-state index >= 15 is 0 Å². The molecular formula is C22H33N5O2. The molecule has 158 valence electrons. The number of guanidine groups is 1. The first-order valence-corrected chi connectivity index (χ1v) is 10.7. The molecule has 1 saturated carbocycles. The van der Waals surface area contributed by atoms with Gasteiger partial charge in [0.25, 0.3) is 5.91 Å². The Bertz CT molecular complexity index is 742. The van der Waals surface area contributed by atoms with Crippen molar-refractivity contribution in [3.63, 3.8) is 0 Å². The Hall–Kier alpha value is -2.57. The summed E-state index contributed by atoms with van der Waals surface area (Å²) in [5, 5.41) is 9.57. The summed E-state index contributed by atoms with van der Waals surface area (Å²) >= 11 is 0. The Morgan fingerprint density at radius 2 is 1.97 bits per heavy atom. The van der Waals surface area contributed by atoms with E-state index in [1.54, 1.807) is 7.05 Å². The molecular weight excluding hydrogens is 366 g/mol. The standard InChI is InChI=1S/C22H33N5O2/c1-3-24-20(28)18-10-6-7-16(13-18)14-25-22(23-2)26-19-11-12-27(15-19)21(29)17-8-4-5-9-17/h6-7,10,13,17,19H,3-5,8-9,11-12,14-15H2,1-2H3,(H,24,28)(H2,23,25,26). The Morgan fingerprint density at radius 1 is 1.17 bits per heavy atom. The minimum Gasteiger partial charge on any atom is -0.352 e. The SMILES string of the molecule is CCNC(=O)c1cccc(CNC(=NC)NC2CCN(C(=O)C3CCCC3)C2)c1. The lowest BCUT2D eigenvalue weighted by molar-refractivity contribution is -0.134. The molecule has 0 spiro atoms. The molecule has 3 N–H and O–H groups in total. The molecule has 1 aromatic rings. The number of hydrogen-bond acceptors (Lipinski definition) is 3. The van der Waals surface area contributed by atoms with Crippen molar-refractivity contribution in [1.29, 1.82) is 0 Å². The third kappa shape index (κ3) is 5.71. The van der Waals surface area contributed by atoms with Gasteiger partial charge < -0.3 is 20.9 Å². The number of nitrogens with one attached hydrogen (secondary N) is 3. The average molecular weight is 400 g/mol. The van der Waals surface area contributed by atoms with Gasteiger partial charge in [-0.3, -0.25) is 14.6 Å². The first kappa shape index (κ1) is 21.1. The zero-order valence-corrected chi connectivity index (χ0v) is 17.5. The van der Waals surface area contributed by atoms with Crippen LogP contribution in [0.5, 0.6) is 0 Å². The molecule has 1 atom stereocenters. The second kappa shape index (κ2) is 10.3. The van der Waals surface area contributed by atoms with Crippen LogP contribution in [0.15, 0.2) is 29.3 Å². The topological polar surface area (TPSA) is 85.8 Å². The fourth-order valence-corrected chi connectivity index (χ4v) is 4.17. The molecule has 1 aliphatic heterocycles. The number of benzene rings is 1. The zero-order valence-electron chi connectivity index (χ0n) is 17.5. The van der Waals surface area contributed by atoms with Crippen LogP contribution < -0.4 is 16.0 Å². The number of nitrogens with zero attached hydrogens (tertiary/aromatic N) is 2. The van der Waals surface area contributed by atoms with E-state index in [9.17, 15) is 9.59 Å². The van der Waals surface area contributed by atoms with E-state index in [2.05, 4.69) is 20.9 Å². The molecule has 1 aliphatic carbocycles. The highest BCUT2D eigenvalue weighted by Gasteiger charge is 2.32. The number of likely N-dealkylation sites (tertiary alicyclic amines) is 1. The van der Waals surface area contributed by atoms with E-state index in [0.29, 0.717) is 30.5 Å². The maximum absolute atomic E-state index is 12.6. The van der Waals surface area contributed by atoms with Crippen LogP contribution in [0, 0.1) is 5.92 Å². The Kier molecular flexibility index (Phi) is 7.49. The molecule has 3 rings (SSSR count). The maximum atomic E-state index is 12.6. The van der Waals surface area contributed by atoms with Gasteiger partial charge in [0, 0.05) is 50.7 Å². The predicted octanol–water partition coefficient (Wildman–Crippen LogP) is 1.89. The van der Waals surface area contributed by atoms with Crippen LogP contribution in [0.3, 0.4) is 0 Å². The van der Waals surface area contributed by atoms with Gasteiger partial charge in [0.2, 0.25) is 5.91 Å². The Labute approximate surface area is 173 Å². The second-order valence-corrected chi connectivity index (χ2v) is 7.88. The van der Waals surface area contributed by atoms with E-state index in [-0.39, 0.29) is 17.9 Å². The summed E-state index contributed by atoms with van der Waals surface area (Å²) in [4.78, 5) is 30.9. The molecule has 0 aromatic heterocycles. The highest BCUT2D eigenvalue weighted by Crippen LogP contribution is 2.27. The Balaban J connectivity index is 1.48. The first-order valence-electron chi connectivity index (χ1n) is 10.7. The number of carbonyl (C=O) groups excluding carboxylic acids is 2. The van der Waals surface area contributed by atoms with E-state index < -0.39 is 0 Å². The third-order valence-corrected chi connectivity index (χ3v) is 5.76. The minimum absolute atomic E-state index is 0.0603. The monoisotopic (exact) mass is 399 g/mol. The van der Waals surface area contributed by atoms with Crippen LogP contribution >= 0.6 is 0 Å². The van der Waals surface area contributed by atoms with Crippen molar-refractivity contribution >= 4 is 17.8 Å². The van der Waals surface area contributed by atoms with E-state index in [1.165, 1.54) is 12.8 Å². The van der Waals surface area contributed by atoms with Crippen LogP contribution in [-0.2, 0) is 11.3 Å². The summed E-state index contributed by atoms with van der Waals surface area (Å²) in [6, 6.07) is 7.80. The van der Waals surface area contributed by atoms with Gasteiger partial charge in [0.05, 0.1) is 0 Å². The van der Waals surface area contributed by atoms with Crippen molar-refractivity contribution in [2.45, 2.75) is 51.6 Å². The number of aliphatic imine (C=N–C) groups is 1. The average Bonchev–Trinajstić information content (AvgIpc) is 3.43. The number of carbonyl (C=O) groups is 2. The van der Waals surface area contributed by atoms with Gasteiger partial charge in [-0.2, -0.15) is 0 Å². The first-order chi connectivity index (χ1) is 14.1. The van der Waals surface area contributed by atoms with Crippen molar-refractivity contribution < 1.29 is 9.59 Å². The van der Waals surface area contributed by atoms with Crippen LogP contribution in [-0.4, -0.2) is 55.4 Å². The van der Waals surface area contributed by atoms with Crippen LogP contribution in [0.4, 0.5) is 0 Å². The van der Waals surface area contributed by atoms with Crippen LogP contribution in [0.1, 0.15) is 54.9 Å². The van der Waals surface area contributed by atoms with E-state index in [1.807, 2.05) is 36.1 Å². The summed E-state index contributed by atoms with van der Waals surface area (Å²) in [6.07, 6.45) is 5.40. The highest BCUT2D eigenvalue weighted by molar-refractivity contribution is 5.94. The number of hydrogen-bond donors (Lipinski definition) is 3. The summed E-state index contributed by atoms with van der Waals surface area (Å²) in [5.74, 6) is 1.23. The molecule has 2 aliphatic rings. The second-order valence-electron chi connectivity index (χ2n) is 7.88. The molecule has 2 amide bonds. The van der Waals surface area contributed by atoms with Gasteiger partial charge in [-0.05, 0) is 43.9 Å². The van der Waals surface area contributed by atoms with Crippen molar-refractivity contribution in [3.05, 3.63) is 35.4 Å². The molecule has 29 heavy (non-hydrogen) atoms. The van der Waals surface area contributed by atoms with Gasteiger partial charge in [0.1, 0.15) is 0 Å². The van der Waals surface area contributed by atoms with Crippen LogP contribution in [0.25, 0.3) is 0 Å². The minimum atomic E-state index is -0.0603. The molecule has 1 unspecified atom stereocenters. The zero-order chi connectivity index (χ0) is 20.6. The molecule has 1 heterocycles. The highest BCUT2D eigenvalue weighted by atomic mass is 16.2.